The van der Waals surface area contributed by atoms with E-state index in [1.165, 1.54) is 11.1 Å². The highest BCUT2D eigenvalue weighted by atomic mass is 16.5. The zero-order chi connectivity index (χ0) is 18.1. The second-order valence-corrected chi connectivity index (χ2v) is 6.65. The number of aromatic amines is 1. The molecule has 4 rings (SSSR count). The van der Waals surface area contributed by atoms with E-state index in [0.717, 1.165) is 43.1 Å². The summed E-state index contributed by atoms with van der Waals surface area (Å²) in [6.07, 6.45) is 0. The van der Waals surface area contributed by atoms with Crippen LogP contribution in [-0.2, 0) is 11.3 Å². The largest absolute Gasteiger partial charge is 0.455 e. The number of aromatic nitrogens is 2. The summed E-state index contributed by atoms with van der Waals surface area (Å²) in [6, 6.07) is 7.57. The minimum absolute atomic E-state index is 0.279. The molecule has 26 heavy (non-hydrogen) atoms. The van der Waals surface area contributed by atoms with Crippen molar-refractivity contribution in [1.82, 2.24) is 14.9 Å². The molecular weight excluding hydrogens is 332 g/mol. The summed E-state index contributed by atoms with van der Waals surface area (Å²) in [5.41, 5.74) is 4.07. The van der Waals surface area contributed by atoms with Crippen molar-refractivity contribution in [2.45, 2.75) is 20.4 Å². The standard InChI is InChI=1S/C19H22N4O3/c1-12-9-15-16(10-13(12)2)21-19(20-15)22-18(24)17-4-3-14(26-17)11-23-5-7-25-8-6-23/h3-4,9-10H,5-8,11H2,1-2H3,(H2,20,21,22,24). The molecule has 0 saturated carbocycles. The summed E-state index contributed by atoms with van der Waals surface area (Å²) in [4.78, 5) is 22.2. The highest BCUT2D eigenvalue weighted by Crippen LogP contribution is 2.20. The number of aryl methyl sites for hydroxylation is 2. The Morgan fingerprint density at radius 3 is 2.81 bits per heavy atom. The summed E-state index contributed by atoms with van der Waals surface area (Å²) in [5.74, 6) is 1.15. The number of rotatable bonds is 4. The molecule has 3 aromatic rings. The van der Waals surface area contributed by atoms with E-state index >= 15 is 0 Å². The van der Waals surface area contributed by atoms with Crippen LogP contribution in [0.15, 0.2) is 28.7 Å². The van der Waals surface area contributed by atoms with Crippen LogP contribution in [0.5, 0.6) is 0 Å². The van der Waals surface area contributed by atoms with Gasteiger partial charge in [0.25, 0.3) is 5.91 Å². The number of H-pyrrole nitrogens is 1. The fraction of sp³-hybridized carbons (Fsp3) is 0.368. The van der Waals surface area contributed by atoms with E-state index in [4.69, 9.17) is 9.15 Å². The number of fused-ring (bicyclic) bond motifs is 1. The quantitative estimate of drug-likeness (QED) is 0.753. The van der Waals surface area contributed by atoms with E-state index in [9.17, 15) is 4.79 Å². The average molecular weight is 354 g/mol. The van der Waals surface area contributed by atoms with E-state index in [1.54, 1.807) is 6.07 Å². The van der Waals surface area contributed by atoms with Gasteiger partial charge in [-0.25, -0.2) is 4.98 Å². The fourth-order valence-corrected chi connectivity index (χ4v) is 3.06. The van der Waals surface area contributed by atoms with Gasteiger partial charge in [-0.1, -0.05) is 0 Å². The number of anilines is 1. The Bertz CT molecular complexity index is 899. The van der Waals surface area contributed by atoms with Gasteiger partial charge in [0.05, 0.1) is 30.8 Å². The normalized spacial score (nSPS) is 15.5. The lowest BCUT2D eigenvalue weighted by Crippen LogP contribution is -2.35. The number of amides is 1. The van der Waals surface area contributed by atoms with Crippen LogP contribution in [0.4, 0.5) is 5.95 Å². The molecule has 0 radical (unpaired) electrons. The van der Waals surface area contributed by atoms with Crippen LogP contribution in [0, 0.1) is 13.8 Å². The van der Waals surface area contributed by atoms with Gasteiger partial charge in [-0.05, 0) is 49.2 Å². The molecule has 1 fully saturated rings. The lowest BCUT2D eigenvalue weighted by atomic mass is 10.1. The van der Waals surface area contributed by atoms with Gasteiger partial charge in [-0.15, -0.1) is 0 Å². The van der Waals surface area contributed by atoms with Crippen molar-refractivity contribution in [1.29, 1.82) is 0 Å². The maximum atomic E-state index is 12.4. The Kier molecular flexibility index (Phi) is 4.48. The molecule has 0 bridgehead atoms. The molecule has 1 amide bonds. The van der Waals surface area contributed by atoms with Gasteiger partial charge in [0, 0.05) is 13.1 Å². The molecule has 1 aromatic carbocycles. The molecule has 0 atom stereocenters. The number of morpholine rings is 1. The first kappa shape index (κ1) is 16.8. The second-order valence-electron chi connectivity index (χ2n) is 6.65. The van der Waals surface area contributed by atoms with Gasteiger partial charge in [-0.3, -0.25) is 15.0 Å². The van der Waals surface area contributed by atoms with Crippen molar-refractivity contribution in [2.75, 3.05) is 31.6 Å². The Morgan fingerprint density at radius 2 is 2.00 bits per heavy atom. The molecule has 136 valence electrons. The van der Waals surface area contributed by atoms with Crippen LogP contribution in [-0.4, -0.2) is 47.1 Å². The number of ether oxygens (including phenoxy) is 1. The Balaban J connectivity index is 1.44. The smallest absolute Gasteiger partial charge is 0.293 e. The summed E-state index contributed by atoms with van der Waals surface area (Å²) in [5, 5.41) is 2.77. The van der Waals surface area contributed by atoms with Crippen molar-refractivity contribution in [2.24, 2.45) is 0 Å². The molecule has 1 saturated heterocycles. The molecule has 1 aliphatic rings. The lowest BCUT2D eigenvalue weighted by Gasteiger charge is -2.25. The van der Waals surface area contributed by atoms with Crippen LogP contribution in [0.2, 0.25) is 0 Å². The summed E-state index contributed by atoms with van der Waals surface area (Å²) >= 11 is 0. The molecule has 2 N–H and O–H groups in total. The number of nitrogens with one attached hydrogen (secondary N) is 2. The maximum Gasteiger partial charge on any atom is 0.293 e. The molecule has 7 heteroatoms. The second kappa shape index (κ2) is 6.93. The predicted octanol–water partition coefficient (Wildman–Crippen LogP) is 2.86. The first-order valence-electron chi connectivity index (χ1n) is 8.75. The number of imidazole rings is 1. The number of hydrogen-bond donors (Lipinski definition) is 2. The Hall–Kier alpha value is -2.64. The van der Waals surface area contributed by atoms with E-state index < -0.39 is 0 Å². The van der Waals surface area contributed by atoms with Gasteiger partial charge in [0.15, 0.2) is 5.76 Å². The molecule has 0 spiro atoms. The minimum Gasteiger partial charge on any atom is -0.455 e. The Labute approximate surface area is 151 Å². The third-order valence-corrected chi connectivity index (χ3v) is 4.70. The van der Waals surface area contributed by atoms with E-state index in [1.807, 2.05) is 32.0 Å². The zero-order valence-corrected chi connectivity index (χ0v) is 15.0. The van der Waals surface area contributed by atoms with Crippen molar-refractivity contribution < 1.29 is 13.9 Å². The highest BCUT2D eigenvalue weighted by Gasteiger charge is 2.16. The van der Waals surface area contributed by atoms with Crippen LogP contribution in [0.25, 0.3) is 11.0 Å². The van der Waals surface area contributed by atoms with E-state index in [0.29, 0.717) is 12.5 Å². The summed E-state index contributed by atoms with van der Waals surface area (Å²) in [7, 11) is 0. The van der Waals surface area contributed by atoms with Crippen LogP contribution in [0.3, 0.4) is 0 Å². The van der Waals surface area contributed by atoms with Crippen molar-refractivity contribution in [3.05, 3.63) is 46.9 Å². The third kappa shape index (κ3) is 3.49. The molecule has 0 unspecified atom stereocenters. The third-order valence-electron chi connectivity index (χ3n) is 4.70. The number of furan rings is 1. The van der Waals surface area contributed by atoms with Crippen molar-refractivity contribution in [3.63, 3.8) is 0 Å². The van der Waals surface area contributed by atoms with Crippen LogP contribution in [0.1, 0.15) is 27.4 Å². The van der Waals surface area contributed by atoms with Gasteiger partial charge < -0.3 is 14.1 Å². The van der Waals surface area contributed by atoms with E-state index in [2.05, 4.69) is 20.2 Å². The molecular formula is C19H22N4O3. The zero-order valence-electron chi connectivity index (χ0n) is 15.0. The fourth-order valence-electron chi connectivity index (χ4n) is 3.06. The number of benzene rings is 1. The molecule has 1 aliphatic heterocycles. The lowest BCUT2D eigenvalue weighted by molar-refractivity contribution is 0.0312. The maximum absolute atomic E-state index is 12.4. The van der Waals surface area contributed by atoms with Gasteiger partial charge in [-0.2, -0.15) is 0 Å². The topological polar surface area (TPSA) is 83.4 Å². The first-order chi connectivity index (χ1) is 12.6. The Morgan fingerprint density at radius 1 is 1.23 bits per heavy atom. The average Bonchev–Trinajstić information content (AvgIpc) is 3.23. The monoisotopic (exact) mass is 354 g/mol. The summed E-state index contributed by atoms with van der Waals surface area (Å²) < 4.78 is 11.0. The van der Waals surface area contributed by atoms with Gasteiger partial charge in [0.1, 0.15) is 5.76 Å². The number of hydrogen-bond acceptors (Lipinski definition) is 5. The number of carbonyl (C=O) groups excluding carboxylic acids is 1. The minimum atomic E-state index is -0.314. The van der Waals surface area contributed by atoms with Gasteiger partial charge in [0.2, 0.25) is 5.95 Å². The van der Waals surface area contributed by atoms with Crippen molar-refractivity contribution >= 4 is 22.9 Å². The SMILES string of the molecule is Cc1cc2nc(NC(=O)c3ccc(CN4CCOCC4)o3)[nH]c2cc1C. The predicted molar refractivity (Wildman–Crippen MR) is 98.3 cm³/mol. The van der Waals surface area contributed by atoms with Crippen LogP contribution < -0.4 is 5.32 Å². The molecule has 3 heterocycles. The van der Waals surface area contributed by atoms with E-state index in [-0.39, 0.29) is 11.7 Å². The number of carbonyl (C=O) groups is 1. The molecule has 2 aromatic heterocycles. The molecule has 0 aliphatic carbocycles. The highest BCUT2D eigenvalue weighted by molar-refractivity contribution is 6.02. The van der Waals surface area contributed by atoms with Crippen LogP contribution >= 0.6 is 0 Å². The molecule has 7 nitrogen and oxygen atoms in total. The van der Waals surface area contributed by atoms with Gasteiger partial charge >= 0.3 is 0 Å². The number of nitrogens with zero attached hydrogens (tertiary/aromatic N) is 2. The first-order valence-corrected chi connectivity index (χ1v) is 8.75. The van der Waals surface area contributed by atoms with Crippen molar-refractivity contribution in [3.8, 4) is 0 Å². The summed E-state index contributed by atoms with van der Waals surface area (Å²) in [6.45, 7) is 7.99.